The van der Waals surface area contributed by atoms with Crippen LogP contribution in [-0.2, 0) is 9.53 Å². The lowest BCUT2D eigenvalue weighted by Crippen LogP contribution is -2.51. The van der Waals surface area contributed by atoms with E-state index in [0.717, 1.165) is 24.2 Å². The second-order valence-electron chi connectivity index (χ2n) is 10.6. The van der Waals surface area contributed by atoms with E-state index in [4.69, 9.17) is 4.74 Å². The topological polar surface area (TPSA) is 78.9 Å². The molecule has 0 aromatic rings. The first-order valence-electron chi connectivity index (χ1n) is 11.0. The van der Waals surface area contributed by atoms with Crippen LogP contribution in [0, 0.1) is 23.2 Å². The van der Waals surface area contributed by atoms with Crippen LogP contribution in [0.4, 0.5) is 4.79 Å². The van der Waals surface area contributed by atoms with Gasteiger partial charge in [0.2, 0.25) is 0 Å². The Morgan fingerprint density at radius 2 is 1.64 bits per heavy atom. The molecule has 0 spiro atoms. The number of rotatable bonds is 7. The van der Waals surface area contributed by atoms with Crippen molar-refractivity contribution >= 4 is 12.0 Å². The Hall–Kier alpha value is -1.30. The van der Waals surface area contributed by atoms with Gasteiger partial charge in [-0.3, -0.25) is 0 Å². The number of ether oxygens (including phenoxy) is 1. The highest BCUT2D eigenvalue weighted by atomic mass is 16.6. The molecule has 4 aliphatic rings. The normalized spacial score (nSPS) is 32.1. The number of aliphatic hydroxyl groups is 1. The van der Waals surface area contributed by atoms with Crippen molar-refractivity contribution < 1.29 is 19.4 Å². The van der Waals surface area contributed by atoms with Crippen molar-refractivity contribution in [1.82, 2.24) is 10.2 Å². The minimum atomic E-state index is -0.715. The van der Waals surface area contributed by atoms with E-state index in [0.29, 0.717) is 18.5 Å². The molecular weight excluding hydrogens is 356 g/mol. The third-order valence-corrected chi connectivity index (χ3v) is 6.83. The van der Waals surface area contributed by atoms with Crippen LogP contribution < -0.4 is 5.32 Å². The van der Waals surface area contributed by atoms with Crippen molar-refractivity contribution in [3.63, 3.8) is 0 Å². The highest BCUT2D eigenvalue weighted by Crippen LogP contribution is 2.61. The number of amides is 2. The van der Waals surface area contributed by atoms with Gasteiger partial charge in [-0.05, 0) is 95.8 Å². The van der Waals surface area contributed by atoms with Gasteiger partial charge in [-0.15, -0.1) is 0 Å². The third kappa shape index (κ3) is 5.19. The van der Waals surface area contributed by atoms with E-state index >= 15 is 0 Å². The van der Waals surface area contributed by atoms with E-state index in [9.17, 15) is 14.7 Å². The van der Waals surface area contributed by atoms with E-state index in [1.807, 2.05) is 20.8 Å². The highest BCUT2D eigenvalue weighted by Gasteiger charge is 2.50. The van der Waals surface area contributed by atoms with E-state index in [-0.39, 0.29) is 12.6 Å². The van der Waals surface area contributed by atoms with Crippen molar-refractivity contribution in [1.29, 1.82) is 0 Å². The molecule has 28 heavy (non-hydrogen) atoms. The standard InChI is InChI=1S/C22H38N2O4/c1-15(19(26)28-21(2,3)4)23-20(27)24(7-8-25)6-5-22-12-16-9-17(13-22)11-18(10-16)14-22/h15-18,25H,5-14H2,1-4H3,(H,23,27)/t15-,16?,17?,18?,22?/m0/s1. The Bertz CT molecular complexity index is 548. The van der Waals surface area contributed by atoms with Gasteiger partial charge in [0.25, 0.3) is 0 Å². The molecule has 4 rings (SSSR count). The van der Waals surface area contributed by atoms with E-state index in [1.165, 1.54) is 38.5 Å². The van der Waals surface area contributed by atoms with Gasteiger partial charge in [0, 0.05) is 13.1 Å². The van der Waals surface area contributed by atoms with Crippen LogP contribution in [0.2, 0.25) is 0 Å². The zero-order valence-corrected chi connectivity index (χ0v) is 18.0. The van der Waals surface area contributed by atoms with Crippen LogP contribution in [0.1, 0.15) is 72.6 Å². The van der Waals surface area contributed by atoms with Crippen molar-refractivity contribution in [2.45, 2.75) is 84.3 Å². The minimum absolute atomic E-state index is 0.0743. The summed E-state index contributed by atoms with van der Waals surface area (Å²) in [5, 5.41) is 12.2. The van der Waals surface area contributed by atoms with Crippen LogP contribution in [0.3, 0.4) is 0 Å². The number of nitrogens with one attached hydrogen (secondary N) is 1. The number of urea groups is 1. The number of hydrogen-bond donors (Lipinski definition) is 2. The Labute approximate surface area is 169 Å². The predicted octanol–water partition coefficient (Wildman–Crippen LogP) is 3.33. The quantitative estimate of drug-likeness (QED) is 0.649. The lowest BCUT2D eigenvalue weighted by atomic mass is 9.49. The maximum absolute atomic E-state index is 12.7. The predicted molar refractivity (Wildman–Crippen MR) is 108 cm³/mol. The average molecular weight is 395 g/mol. The van der Waals surface area contributed by atoms with Crippen LogP contribution >= 0.6 is 0 Å². The SMILES string of the molecule is C[C@H](NC(=O)N(CCO)CCC12CC3CC(CC(C3)C1)C2)C(=O)OC(C)(C)C. The summed E-state index contributed by atoms with van der Waals surface area (Å²) < 4.78 is 5.34. The second-order valence-corrected chi connectivity index (χ2v) is 10.6. The maximum atomic E-state index is 12.7. The second kappa shape index (κ2) is 8.21. The molecular formula is C22H38N2O4. The molecule has 4 fully saturated rings. The van der Waals surface area contributed by atoms with Crippen molar-refractivity contribution in [3.8, 4) is 0 Å². The molecule has 160 valence electrons. The fourth-order valence-corrected chi connectivity index (χ4v) is 6.13. The summed E-state index contributed by atoms with van der Waals surface area (Å²) in [6.45, 7) is 7.92. The van der Waals surface area contributed by atoms with Gasteiger partial charge in [-0.25, -0.2) is 9.59 Å². The summed E-state index contributed by atoms with van der Waals surface area (Å²) in [5.74, 6) is 2.22. The summed E-state index contributed by atoms with van der Waals surface area (Å²) in [4.78, 5) is 26.5. The van der Waals surface area contributed by atoms with Crippen molar-refractivity contribution in [3.05, 3.63) is 0 Å². The Morgan fingerprint density at radius 1 is 1.11 bits per heavy atom. The number of hydrogen-bond acceptors (Lipinski definition) is 4. The molecule has 4 saturated carbocycles. The van der Waals surface area contributed by atoms with Gasteiger partial charge in [0.1, 0.15) is 11.6 Å². The smallest absolute Gasteiger partial charge is 0.328 e. The molecule has 0 aliphatic heterocycles. The molecule has 0 heterocycles. The summed E-state index contributed by atoms with van der Waals surface area (Å²) in [6, 6.07) is -1.01. The van der Waals surface area contributed by atoms with Gasteiger partial charge in [0.15, 0.2) is 0 Å². The molecule has 6 heteroatoms. The molecule has 0 aromatic heterocycles. The molecule has 6 nitrogen and oxygen atoms in total. The number of esters is 1. The zero-order valence-electron chi connectivity index (χ0n) is 18.0. The van der Waals surface area contributed by atoms with Crippen molar-refractivity contribution in [2.75, 3.05) is 19.7 Å². The Kier molecular flexibility index (Phi) is 6.28. The first-order chi connectivity index (χ1) is 13.1. The van der Waals surface area contributed by atoms with Gasteiger partial charge in [-0.1, -0.05) is 0 Å². The molecule has 1 atom stereocenters. The number of nitrogens with zero attached hydrogens (tertiary/aromatic N) is 1. The monoisotopic (exact) mass is 394 g/mol. The lowest BCUT2D eigenvalue weighted by molar-refractivity contribution is -0.156. The number of aliphatic hydroxyl groups excluding tert-OH is 1. The molecule has 4 aliphatic carbocycles. The summed E-state index contributed by atoms with van der Waals surface area (Å²) >= 11 is 0. The van der Waals surface area contributed by atoms with Crippen LogP contribution in [-0.4, -0.2) is 53.3 Å². The molecule has 0 radical (unpaired) electrons. The molecule has 0 saturated heterocycles. The number of carbonyl (C=O) groups is 2. The molecule has 2 amide bonds. The first kappa shape index (κ1) is 21.4. The van der Waals surface area contributed by atoms with Gasteiger partial charge in [-0.2, -0.15) is 0 Å². The van der Waals surface area contributed by atoms with Gasteiger partial charge in [0.05, 0.1) is 6.61 Å². The van der Waals surface area contributed by atoms with E-state index in [1.54, 1.807) is 11.8 Å². The largest absolute Gasteiger partial charge is 0.458 e. The van der Waals surface area contributed by atoms with E-state index in [2.05, 4.69) is 5.32 Å². The molecule has 4 bridgehead atoms. The molecule has 2 N–H and O–H groups in total. The van der Waals surface area contributed by atoms with Crippen LogP contribution in [0.25, 0.3) is 0 Å². The van der Waals surface area contributed by atoms with Gasteiger partial charge < -0.3 is 20.1 Å². The lowest BCUT2D eigenvalue weighted by Gasteiger charge is -2.57. The number of carbonyl (C=O) groups excluding carboxylic acids is 2. The average Bonchev–Trinajstić information content (AvgIpc) is 2.55. The zero-order chi connectivity index (χ0) is 20.5. The fraction of sp³-hybridized carbons (Fsp3) is 0.909. The Balaban J connectivity index is 1.54. The Morgan fingerprint density at radius 3 is 2.11 bits per heavy atom. The summed E-state index contributed by atoms with van der Waals surface area (Å²) in [6.07, 6.45) is 9.16. The maximum Gasteiger partial charge on any atom is 0.328 e. The van der Waals surface area contributed by atoms with Crippen molar-refractivity contribution in [2.24, 2.45) is 23.2 Å². The van der Waals surface area contributed by atoms with Gasteiger partial charge >= 0.3 is 12.0 Å². The third-order valence-electron chi connectivity index (χ3n) is 6.83. The first-order valence-corrected chi connectivity index (χ1v) is 11.0. The molecule has 0 aromatic carbocycles. The van der Waals surface area contributed by atoms with Crippen LogP contribution in [0.15, 0.2) is 0 Å². The molecule has 0 unspecified atom stereocenters. The van der Waals surface area contributed by atoms with Crippen LogP contribution in [0.5, 0.6) is 0 Å². The summed E-state index contributed by atoms with van der Waals surface area (Å²) in [7, 11) is 0. The minimum Gasteiger partial charge on any atom is -0.458 e. The highest BCUT2D eigenvalue weighted by molar-refractivity contribution is 5.83. The fourth-order valence-electron chi connectivity index (χ4n) is 6.13. The van der Waals surface area contributed by atoms with E-state index < -0.39 is 17.6 Å². The summed E-state index contributed by atoms with van der Waals surface area (Å²) in [5.41, 5.74) is -0.196.